The van der Waals surface area contributed by atoms with Crippen molar-refractivity contribution in [3.8, 4) is 10.4 Å². The van der Waals surface area contributed by atoms with E-state index in [-0.39, 0.29) is 99.7 Å². The number of fused-ring (bicyclic) bond motifs is 1. The highest BCUT2D eigenvalue weighted by Crippen LogP contribution is 2.40. The third kappa shape index (κ3) is 15.4. The number of nitrogens with zero attached hydrogens (tertiary/aromatic N) is 5. The Morgan fingerprint density at radius 2 is 1.69 bits per heavy atom. The fraction of sp³-hybridized carbons (Fsp3) is 0.589. The third-order valence-corrected chi connectivity index (χ3v) is 16.3. The molecule has 7 N–H and O–H groups in total. The number of allylic oxidation sites excluding steroid dienone is 1. The van der Waals surface area contributed by atoms with Gasteiger partial charge in [0, 0.05) is 101 Å². The van der Waals surface area contributed by atoms with Gasteiger partial charge in [0.05, 0.1) is 41.9 Å². The summed E-state index contributed by atoms with van der Waals surface area (Å²) in [5.41, 5.74) is 9.78. The number of hydrazine groups is 1. The van der Waals surface area contributed by atoms with E-state index < -0.39 is 35.9 Å². The SMILES string of the molecule is CNC(=O)N1CCC(NC2CCOCC2)=C(C(=N)N2CCCC3C=C(C4=CN(CC(=O)NCCOOCCOCC(=O)NC(C(=O)N5CCCC5C(=O)NCc5ccc(-c6scnc6C)cc5)C(C)(C)C)NC4)C(C(F)F)=CC32)C1. The molecule has 0 saturated carbocycles. The second kappa shape index (κ2) is 27.9. The third-order valence-electron chi connectivity index (χ3n) is 15.3. The van der Waals surface area contributed by atoms with Crippen LogP contribution in [0.3, 0.4) is 0 Å². The number of alkyl halides is 2. The highest BCUT2D eigenvalue weighted by atomic mass is 32.1. The minimum atomic E-state index is -2.78. The van der Waals surface area contributed by atoms with Crippen LogP contribution in [0.4, 0.5) is 13.6 Å². The lowest BCUT2D eigenvalue weighted by Gasteiger charge is -2.45. The Morgan fingerprint density at radius 3 is 2.41 bits per heavy atom. The normalized spacial score (nSPS) is 21.1. The first-order valence-corrected chi connectivity index (χ1v) is 28.6. The van der Waals surface area contributed by atoms with E-state index in [9.17, 15) is 29.4 Å². The number of nitrogens with one attached hydrogen (secondary N) is 7. The molecule has 4 atom stereocenters. The smallest absolute Gasteiger partial charge is 0.317 e. The maximum absolute atomic E-state index is 15.0. The van der Waals surface area contributed by atoms with Crippen LogP contribution < -0.4 is 32.0 Å². The van der Waals surface area contributed by atoms with Gasteiger partial charge in [-0.05, 0) is 73.1 Å². The van der Waals surface area contributed by atoms with Crippen molar-refractivity contribution in [2.45, 2.75) is 110 Å². The van der Waals surface area contributed by atoms with Crippen molar-refractivity contribution >= 4 is 46.8 Å². The van der Waals surface area contributed by atoms with Gasteiger partial charge in [-0.3, -0.25) is 24.6 Å². The van der Waals surface area contributed by atoms with Gasteiger partial charge in [-0.15, -0.1) is 11.3 Å². The fourth-order valence-corrected chi connectivity index (χ4v) is 11.8. The summed E-state index contributed by atoms with van der Waals surface area (Å²) in [4.78, 5) is 87.0. The van der Waals surface area contributed by atoms with E-state index in [2.05, 4.69) is 37.0 Å². The zero-order chi connectivity index (χ0) is 56.9. The molecule has 80 heavy (non-hydrogen) atoms. The van der Waals surface area contributed by atoms with Crippen molar-refractivity contribution in [1.82, 2.24) is 56.7 Å². The largest absolute Gasteiger partial charge is 0.385 e. The van der Waals surface area contributed by atoms with E-state index in [1.807, 2.05) is 68.4 Å². The number of rotatable bonds is 22. The summed E-state index contributed by atoms with van der Waals surface area (Å²) in [7, 11) is 1.58. The Hall–Kier alpha value is -6.31. The Labute approximate surface area is 470 Å². The van der Waals surface area contributed by atoms with Crippen molar-refractivity contribution in [2.75, 3.05) is 92.5 Å². The predicted molar refractivity (Wildman–Crippen MR) is 297 cm³/mol. The summed E-state index contributed by atoms with van der Waals surface area (Å²) in [5.74, 6) is -1.33. The average Bonchev–Trinajstić information content (AvgIpc) is 4.28. The predicted octanol–water partition coefficient (Wildman–Crippen LogP) is 4.30. The molecular formula is C56H78F2N12O9S. The summed E-state index contributed by atoms with van der Waals surface area (Å²) in [6.07, 6.45) is 7.32. The van der Waals surface area contributed by atoms with Crippen LogP contribution in [0.15, 0.2) is 76.1 Å². The molecule has 6 amide bonds. The van der Waals surface area contributed by atoms with Crippen molar-refractivity contribution in [2.24, 2.45) is 11.3 Å². The number of amidine groups is 1. The Bertz CT molecular complexity index is 2670. The first kappa shape index (κ1) is 59.8. The number of carbonyl (C=O) groups is 5. The molecule has 1 aliphatic carbocycles. The summed E-state index contributed by atoms with van der Waals surface area (Å²) in [6.45, 7) is 10.7. The topological polar surface area (TPSA) is 244 Å². The summed E-state index contributed by atoms with van der Waals surface area (Å²) >= 11 is 1.58. The maximum atomic E-state index is 15.0. The van der Waals surface area contributed by atoms with E-state index in [0.29, 0.717) is 75.4 Å². The number of amides is 6. The number of halogens is 2. The molecule has 6 heterocycles. The lowest BCUT2D eigenvalue weighted by Crippen LogP contribution is -2.58. The molecule has 8 rings (SSSR count). The minimum Gasteiger partial charge on any atom is -0.385 e. The van der Waals surface area contributed by atoms with Gasteiger partial charge in [0.2, 0.25) is 23.6 Å². The Morgan fingerprint density at radius 1 is 0.938 bits per heavy atom. The molecule has 436 valence electrons. The zero-order valence-electron chi connectivity index (χ0n) is 46.5. The molecule has 24 heteroatoms. The van der Waals surface area contributed by atoms with Gasteiger partial charge in [0.1, 0.15) is 37.7 Å². The molecule has 3 saturated heterocycles. The molecule has 3 fully saturated rings. The average molecular weight is 1130 g/mol. The molecular weight excluding hydrogens is 1050 g/mol. The van der Waals surface area contributed by atoms with Gasteiger partial charge in [-0.2, -0.15) is 0 Å². The van der Waals surface area contributed by atoms with Gasteiger partial charge in [-0.1, -0.05) is 57.2 Å². The number of ether oxygens (including phenoxy) is 2. The number of aromatic nitrogens is 1. The molecule has 0 spiro atoms. The number of likely N-dealkylation sites (tertiary alicyclic amines) is 2. The second-order valence-electron chi connectivity index (χ2n) is 22.0. The summed E-state index contributed by atoms with van der Waals surface area (Å²) in [6, 6.07) is 5.86. The Kier molecular flexibility index (Phi) is 20.9. The van der Waals surface area contributed by atoms with Crippen LogP contribution in [-0.4, -0.2) is 183 Å². The van der Waals surface area contributed by atoms with E-state index in [4.69, 9.17) is 19.2 Å². The van der Waals surface area contributed by atoms with Gasteiger partial charge >= 0.3 is 6.03 Å². The first-order chi connectivity index (χ1) is 38.5. The molecule has 0 bridgehead atoms. The van der Waals surface area contributed by atoms with E-state index in [1.165, 1.54) is 0 Å². The molecule has 21 nitrogen and oxygen atoms in total. The second-order valence-corrected chi connectivity index (χ2v) is 22.8. The van der Waals surface area contributed by atoms with Crippen LogP contribution in [0, 0.1) is 23.7 Å². The van der Waals surface area contributed by atoms with Crippen LogP contribution in [0.5, 0.6) is 0 Å². The lowest BCUT2D eigenvalue weighted by molar-refractivity contribution is -0.297. The molecule has 0 radical (unpaired) electrons. The summed E-state index contributed by atoms with van der Waals surface area (Å²) < 4.78 is 41.1. The first-order valence-electron chi connectivity index (χ1n) is 27.8. The van der Waals surface area contributed by atoms with Gasteiger partial charge in [0.15, 0.2) is 0 Å². The zero-order valence-corrected chi connectivity index (χ0v) is 47.3. The molecule has 1 aromatic heterocycles. The number of hydrogen-bond acceptors (Lipinski definition) is 15. The number of hydrogen-bond donors (Lipinski definition) is 7. The maximum Gasteiger partial charge on any atom is 0.317 e. The van der Waals surface area contributed by atoms with Crippen LogP contribution in [-0.2, 0) is 45.0 Å². The minimum absolute atomic E-state index is 0.000646. The number of urea groups is 1. The van der Waals surface area contributed by atoms with E-state index in [1.54, 1.807) is 45.5 Å². The fourth-order valence-electron chi connectivity index (χ4n) is 11.0. The van der Waals surface area contributed by atoms with Crippen LogP contribution in [0.2, 0.25) is 0 Å². The number of carbonyl (C=O) groups excluding carboxylic acids is 5. The van der Waals surface area contributed by atoms with Gasteiger partial charge < -0.3 is 55.8 Å². The lowest BCUT2D eigenvalue weighted by atomic mass is 9.78. The highest BCUT2D eigenvalue weighted by molar-refractivity contribution is 7.13. The van der Waals surface area contributed by atoms with Crippen LogP contribution in [0.25, 0.3) is 10.4 Å². The van der Waals surface area contributed by atoms with Gasteiger partial charge in [-0.25, -0.2) is 33.8 Å². The molecule has 2 aromatic rings. The molecule has 6 aliphatic rings. The number of piperidine rings is 1. The van der Waals surface area contributed by atoms with E-state index in [0.717, 1.165) is 53.1 Å². The quantitative estimate of drug-likeness (QED) is 0.0286. The van der Waals surface area contributed by atoms with Crippen LogP contribution in [0.1, 0.15) is 77.0 Å². The number of benzene rings is 1. The number of aryl methyl sites for hydroxylation is 1. The van der Waals surface area contributed by atoms with Crippen LogP contribution >= 0.6 is 11.3 Å². The molecule has 5 aliphatic heterocycles. The molecule has 1 aromatic carbocycles. The standard InChI is InChI=1S/C56H78F2N12O9S/c1-35-49(80-34-63-35)37-12-10-36(11-13-37)28-62-53(73)45-9-7-19-70(45)54(74)50(56(2,3)4)66-48(72)33-77-24-25-79-78-23-17-61-47(71)32-68-30-39(29-64-68)41-26-38-8-6-18-69(46(38)27-42(41)51(57)58)52(59)43-31-67(55(75)60-5)20-14-44(43)65-40-15-21-76-22-16-40/h10-13,26-27,30,34,38,40,45-46,50-51,59,64-65H,6-9,14-25,28-29,31-33H2,1-5H3,(H,60,75)(H,61,71)(H,62,73)(H,66,72). The van der Waals surface area contributed by atoms with E-state index >= 15 is 8.78 Å². The summed E-state index contributed by atoms with van der Waals surface area (Å²) in [5, 5.41) is 26.0. The van der Waals surface area contributed by atoms with Crippen molar-refractivity contribution in [3.63, 3.8) is 0 Å². The number of thiazole rings is 1. The molecule has 4 unspecified atom stereocenters. The van der Waals surface area contributed by atoms with Crippen molar-refractivity contribution in [3.05, 3.63) is 87.4 Å². The highest BCUT2D eigenvalue weighted by Gasteiger charge is 2.43. The van der Waals surface area contributed by atoms with Crippen molar-refractivity contribution < 1.29 is 52.0 Å². The van der Waals surface area contributed by atoms with Crippen molar-refractivity contribution in [1.29, 1.82) is 5.41 Å². The monoisotopic (exact) mass is 1130 g/mol. The Balaban J connectivity index is 0.734. The van der Waals surface area contributed by atoms with Gasteiger partial charge in [0.25, 0.3) is 6.43 Å².